The topological polar surface area (TPSA) is 95.0 Å². The number of amides is 1. The van der Waals surface area contributed by atoms with Gasteiger partial charge in [-0.15, -0.1) is 22.7 Å². The second-order valence-corrected chi connectivity index (χ2v) is 10.2. The summed E-state index contributed by atoms with van der Waals surface area (Å²) in [6, 6.07) is 3.84. The minimum atomic E-state index is -2.99. The smallest absolute Gasteiger partial charge is 0.282 e. The van der Waals surface area contributed by atoms with Crippen LogP contribution >= 0.6 is 22.7 Å². The van der Waals surface area contributed by atoms with E-state index in [1.165, 1.54) is 42.5 Å². The van der Waals surface area contributed by atoms with Gasteiger partial charge in [0.25, 0.3) is 12.3 Å². The largest absolute Gasteiger partial charge is 0.383 e. The van der Waals surface area contributed by atoms with Crippen molar-refractivity contribution in [1.82, 2.24) is 24.8 Å². The number of fused-ring (bicyclic) bond motifs is 2. The van der Waals surface area contributed by atoms with Crippen molar-refractivity contribution in [1.29, 1.82) is 0 Å². The van der Waals surface area contributed by atoms with E-state index in [-0.39, 0.29) is 21.9 Å². The normalized spacial score (nSPS) is 16.6. The standard InChI is InChI=1S/C21H18F3N5O2S2/c1-21(2,31)20-28-14(17(23)24)16(33-20)19(30)29-7-6-10-13(26-8-25-10)15(29)18-27-12-9(22)4-3-5-11(12)32-18/h3-5,8,15,17,31H,6-7H2,1-2H3,(H,25,26)/t15-/m0/s1. The van der Waals surface area contributed by atoms with Crippen molar-refractivity contribution in [3.05, 3.63) is 62.3 Å². The first-order chi connectivity index (χ1) is 15.6. The first-order valence-corrected chi connectivity index (χ1v) is 11.7. The van der Waals surface area contributed by atoms with Crippen LogP contribution in [0.15, 0.2) is 24.5 Å². The van der Waals surface area contributed by atoms with E-state index in [9.17, 15) is 23.1 Å². The van der Waals surface area contributed by atoms with Crippen molar-refractivity contribution in [2.75, 3.05) is 6.54 Å². The Morgan fingerprint density at radius 1 is 1.30 bits per heavy atom. The average molecular weight is 494 g/mol. The number of carbonyl (C=O) groups excluding carboxylic acids is 1. The van der Waals surface area contributed by atoms with Crippen LogP contribution in [0.25, 0.3) is 10.2 Å². The highest BCUT2D eigenvalue weighted by molar-refractivity contribution is 7.18. The second-order valence-electron chi connectivity index (χ2n) is 8.15. The van der Waals surface area contributed by atoms with Gasteiger partial charge >= 0.3 is 0 Å². The van der Waals surface area contributed by atoms with Crippen LogP contribution in [0, 0.1) is 5.82 Å². The van der Waals surface area contributed by atoms with E-state index in [4.69, 9.17) is 0 Å². The highest BCUT2D eigenvalue weighted by Crippen LogP contribution is 2.41. The minimum absolute atomic E-state index is 0.0252. The molecule has 12 heteroatoms. The maximum atomic E-state index is 14.3. The van der Waals surface area contributed by atoms with E-state index in [0.717, 1.165) is 17.0 Å². The molecule has 1 amide bonds. The summed E-state index contributed by atoms with van der Waals surface area (Å²) in [5.74, 6) is -1.14. The van der Waals surface area contributed by atoms with Crippen molar-refractivity contribution >= 4 is 38.8 Å². The van der Waals surface area contributed by atoms with Crippen molar-refractivity contribution in [3.8, 4) is 0 Å². The number of benzene rings is 1. The van der Waals surface area contributed by atoms with Gasteiger partial charge in [-0.1, -0.05) is 6.07 Å². The lowest BCUT2D eigenvalue weighted by Crippen LogP contribution is -2.40. The molecule has 3 aromatic heterocycles. The number of thiazole rings is 2. The van der Waals surface area contributed by atoms with E-state index in [2.05, 4.69) is 19.9 Å². The van der Waals surface area contributed by atoms with E-state index >= 15 is 0 Å². The number of nitrogens with zero attached hydrogens (tertiary/aromatic N) is 4. The molecule has 33 heavy (non-hydrogen) atoms. The van der Waals surface area contributed by atoms with Gasteiger partial charge in [0.05, 0.1) is 16.7 Å². The molecule has 0 spiro atoms. The number of rotatable bonds is 4. The van der Waals surface area contributed by atoms with Crippen molar-refractivity contribution in [2.24, 2.45) is 0 Å². The summed E-state index contributed by atoms with van der Waals surface area (Å²) < 4.78 is 42.5. The number of hydrogen-bond acceptors (Lipinski definition) is 7. The Balaban J connectivity index is 1.63. The first-order valence-electron chi connectivity index (χ1n) is 10.0. The number of aliphatic hydroxyl groups is 1. The quantitative estimate of drug-likeness (QED) is 0.434. The number of H-pyrrole nitrogens is 1. The molecule has 4 aromatic rings. The maximum absolute atomic E-state index is 14.3. The van der Waals surface area contributed by atoms with Gasteiger partial charge in [-0.05, 0) is 26.0 Å². The predicted molar refractivity (Wildman–Crippen MR) is 117 cm³/mol. The Morgan fingerprint density at radius 3 is 2.79 bits per heavy atom. The summed E-state index contributed by atoms with van der Waals surface area (Å²) in [4.78, 5) is 30.5. The summed E-state index contributed by atoms with van der Waals surface area (Å²) in [5.41, 5.74) is -0.611. The van der Waals surface area contributed by atoms with Crippen LogP contribution < -0.4 is 0 Å². The van der Waals surface area contributed by atoms with Crippen molar-refractivity contribution in [3.63, 3.8) is 0 Å². The monoisotopic (exact) mass is 493 g/mol. The molecule has 172 valence electrons. The second kappa shape index (κ2) is 7.89. The summed E-state index contributed by atoms with van der Waals surface area (Å²) in [5, 5.41) is 10.7. The van der Waals surface area contributed by atoms with Crippen LogP contribution in [0.1, 0.15) is 63.1 Å². The van der Waals surface area contributed by atoms with Gasteiger partial charge in [0.1, 0.15) is 43.6 Å². The summed E-state index contributed by atoms with van der Waals surface area (Å²) >= 11 is 1.97. The molecule has 7 nitrogen and oxygen atoms in total. The molecule has 1 aromatic carbocycles. The minimum Gasteiger partial charge on any atom is -0.383 e. The van der Waals surface area contributed by atoms with Gasteiger partial charge in [-0.2, -0.15) is 0 Å². The fourth-order valence-corrected chi connectivity index (χ4v) is 5.95. The third-order valence-corrected chi connectivity index (χ3v) is 7.83. The molecule has 0 fully saturated rings. The molecular weight excluding hydrogens is 475 g/mol. The Kier molecular flexibility index (Phi) is 5.26. The molecule has 0 bridgehead atoms. The lowest BCUT2D eigenvalue weighted by Gasteiger charge is -2.33. The number of carbonyl (C=O) groups is 1. The van der Waals surface area contributed by atoms with E-state index in [0.29, 0.717) is 21.8 Å². The molecule has 1 aliphatic heterocycles. The maximum Gasteiger partial charge on any atom is 0.282 e. The van der Waals surface area contributed by atoms with Crippen molar-refractivity contribution < 1.29 is 23.1 Å². The number of imidazole rings is 1. The van der Waals surface area contributed by atoms with Gasteiger partial charge in [-0.3, -0.25) is 4.79 Å². The third-order valence-electron chi connectivity index (χ3n) is 5.38. The average Bonchev–Trinajstić information content (AvgIpc) is 3.49. The van der Waals surface area contributed by atoms with Gasteiger partial charge in [-0.25, -0.2) is 28.1 Å². The van der Waals surface area contributed by atoms with Crippen LogP contribution in [-0.4, -0.2) is 42.4 Å². The fraction of sp³-hybridized carbons (Fsp3) is 0.333. The molecule has 0 aliphatic carbocycles. The number of nitrogens with one attached hydrogen (secondary N) is 1. The molecule has 2 N–H and O–H groups in total. The van der Waals surface area contributed by atoms with Gasteiger partial charge in [0.2, 0.25) is 0 Å². The number of para-hydroxylation sites is 1. The van der Waals surface area contributed by atoms with Gasteiger partial charge in [0.15, 0.2) is 0 Å². The first kappa shape index (κ1) is 22.0. The summed E-state index contributed by atoms with van der Waals surface area (Å²) in [6.07, 6.45) is -1.04. The van der Waals surface area contributed by atoms with E-state index < -0.39 is 35.5 Å². The van der Waals surface area contributed by atoms with Gasteiger partial charge in [0, 0.05) is 18.7 Å². The summed E-state index contributed by atoms with van der Waals surface area (Å²) in [6.45, 7) is 3.06. The van der Waals surface area contributed by atoms with E-state index in [1.54, 1.807) is 12.1 Å². The number of halogens is 3. The molecule has 0 unspecified atom stereocenters. The lowest BCUT2D eigenvalue weighted by molar-refractivity contribution is 0.0680. The highest BCUT2D eigenvalue weighted by atomic mass is 32.1. The van der Waals surface area contributed by atoms with Gasteiger partial charge < -0.3 is 15.0 Å². The molecule has 0 radical (unpaired) electrons. The Hall–Kier alpha value is -2.83. The Bertz CT molecular complexity index is 1360. The number of aromatic nitrogens is 4. The van der Waals surface area contributed by atoms with Crippen LogP contribution in [0.4, 0.5) is 13.2 Å². The third kappa shape index (κ3) is 3.71. The van der Waals surface area contributed by atoms with Crippen LogP contribution in [-0.2, 0) is 12.0 Å². The lowest BCUT2D eigenvalue weighted by atomic mass is 10.0. The molecule has 4 heterocycles. The number of hydrogen-bond donors (Lipinski definition) is 2. The van der Waals surface area contributed by atoms with Crippen LogP contribution in [0.3, 0.4) is 0 Å². The van der Waals surface area contributed by atoms with Crippen molar-refractivity contribution in [2.45, 2.75) is 38.3 Å². The van der Waals surface area contributed by atoms with E-state index in [1.807, 2.05) is 0 Å². The fourth-order valence-electron chi connectivity index (χ4n) is 3.82. The summed E-state index contributed by atoms with van der Waals surface area (Å²) in [7, 11) is 0. The van der Waals surface area contributed by atoms with Crippen LogP contribution in [0.5, 0.6) is 0 Å². The molecular formula is C21H18F3N5O2S2. The molecule has 5 rings (SSSR count). The molecule has 1 atom stereocenters. The number of aromatic amines is 1. The molecule has 0 saturated heterocycles. The SMILES string of the molecule is CC(C)(O)c1nc(C(F)F)c(C(=O)N2CCc3[nH]cnc3[C@H]2c2nc3c(F)cccc3s2)s1. The molecule has 1 aliphatic rings. The Labute approximate surface area is 194 Å². The zero-order chi connectivity index (χ0) is 23.5. The predicted octanol–water partition coefficient (Wildman–Crippen LogP) is 4.57. The zero-order valence-corrected chi connectivity index (χ0v) is 19.1. The Morgan fingerprint density at radius 2 is 2.09 bits per heavy atom. The number of alkyl halides is 2. The molecule has 0 saturated carbocycles. The highest BCUT2D eigenvalue weighted by Gasteiger charge is 2.40. The zero-order valence-electron chi connectivity index (χ0n) is 17.5. The van der Waals surface area contributed by atoms with Crippen LogP contribution in [0.2, 0.25) is 0 Å².